The molecule has 2 amide bonds. The molecule has 1 aliphatic heterocycles. The molecule has 0 spiro atoms. The predicted molar refractivity (Wildman–Crippen MR) is 70.9 cm³/mol. The summed E-state index contributed by atoms with van der Waals surface area (Å²) in [6, 6.07) is 3.64. The predicted octanol–water partition coefficient (Wildman–Crippen LogP) is 2.26. The van der Waals surface area contributed by atoms with Gasteiger partial charge in [-0.3, -0.25) is 4.79 Å². The fourth-order valence-corrected chi connectivity index (χ4v) is 2.30. The number of aromatic hydroxyl groups is 1. The van der Waals surface area contributed by atoms with Crippen molar-refractivity contribution in [3.63, 3.8) is 0 Å². The Bertz CT molecular complexity index is 596. The summed E-state index contributed by atoms with van der Waals surface area (Å²) < 4.78 is 0. The average molecular weight is 281 g/mol. The number of phenols is 1. The first-order valence-electron chi connectivity index (χ1n) is 5.67. The lowest BCUT2D eigenvalue weighted by atomic mass is 9.93. The summed E-state index contributed by atoms with van der Waals surface area (Å²) in [4.78, 5) is 23.2. The maximum absolute atomic E-state index is 11.7. The smallest absolute Gasteiger partial charge is 0.319 e. The number of urea groups is 1. The quantitative estimate of drug-likeness (QED) is 0.777. The second-order valence-corrected chi connectivity index (χ2v) is 4.74. The van der Waals surface area contributed by atoms with Crippen LogP contribution in [0.1, 0.15) is 25.5 Å². The van der Waals surface area contributed by atoms with Gasteiger partial charge in [-0.2, -0.15) is 0 Å². The zero-order valence-corrected chi connectivity index (χ0v) is 11.2. The summed E-state index contributed by atoms with van der Waals surface area (Å²) in [5, 5.41) is 14.8. The molecule has 3 N–H and O–H groups in total. The van der Waals surface area contributed by atoms with Crippen molar-refractivity contribution < 1.29 is 14.7 Å². The second kappa shape index (κ2) is 4.93. The number of benzene rings is 1. The highest BCUT2D eigenvalue weighted by Crippen LogP contribution is 2.32. The van der Waals surface area contributed by atoms with Gasteiger partial charge < -0.3 is 15.7 Å². The number of carbonyl (C=O) groups is 2. The van der Waals surface area contributed by atoms with Crippen LogP contribution in [0.15, 0.2) is 29.5 Å². The van der Waals surface area contributed by atoms with E-state index in [2.05, 4.69) is 10.6 Å². The number of amides is 2. The van der Waals surface area contributed by atoms with Gasteiger partial charge in [0.2, 0.25) is 0 Å². The van der Waals surface area contributed by atoms with Crippen LogP contribution < -0.4 is 10.6 Å². The Morgan fingerprint density at radius 2 is 2.11 bits per heavy atom. The molecule has 1 atom stereocenters. The third-order valence-corrected chi connectivity index (χ3v) is 3.26. The van der Waals surface area contributed by atoms with Crippen LogP contribution in [0.4, 0.5) is 4.79 Å². The molecule has 0 fully saturated rings. The molecule has 0 bridgehead atoms. The van der Waals surface area contributed by atoms with Crippen molar-refractivity contribution in [1.82, 2.24) is 10.6 Å². The van der Waals surface area contributed by atoms with Crippen molar-refractivity contribution in [2.24, 2.45) is 0 Å². The van der Waals surface area contributed by atoms with Crippen LogP contribution in [-0.2, 0) is 4.79 Å². The summed E-state index contributed by atoms with van der Waals surface area (Å²) in [6.45, 7) is 3.11. The maximum Gasteiger partial charge on any atom is 0.319 e. The van der Waals surface area contributed by atoms with Gasteiger partial charge in [0.15, 0.2) is 5.78 Å². The van der Waals surface area contributed by atoms with E-state index in [1.807, 2.05) is 0 Å². The molecule has 1 heterocycles. The average Bonchev–Trinajstić information content (AvgIpc) is 2.31. The van der Waals surface area contributed by atoms with Crippen molar-refractivity contribution >= 4 is 23.4 Å². The number of allylic oxidation sites excluding steroid dienone is 1. The first kappa shape index (κ1) is 13.4. The van der Waals surface area contributed by atoms with Crippen LogP contribution in [-0.4, -0.2) is 16.9 Å². The van der Waals surface area contributed by atoms with Crippen molar-refractivity contribution in [2.45, 2.75) is 19.9 Å². The number of ketones is 1. The Morgan fingerprint density at radius 1 is 1.42 bits per heavy atom. The summed E-state index contributed by atoms with van der Waals surface area (Å²) in [7, 11) is 0. The van der Waals surface area contributed by atoms with E-state index < -0.39 is 6.04 Å². The van der Waals surface area contributed by atoms with Crippen LogP contribution in [0.2, 0.25) is 5.02 Å². The molecule has 2 rings (SSSR count). The Labute approximate surface area is 115 Å². The molecule has 6 heteroatoms. The molecule has 0 aliphatic carbocycles. The van der Waals surface area contributed by atoms with Crippen molar-refractivity contribution in [3.8, 4) is 5.75 Å². The van der Waals surface area contributed by atoms with Crippen LogP contribution >= 0.6 is 11.6 Å². The van der Waals surface area contributed by atoms with Gasteiger partial charge in [-0.05, 0) is 31.5 Å². The lowest BCUT2D eigenvalue weighted by Gasteiger charge is -2.28. The molecule has 1 aromatic rings. The van der Waals surface area contributed by atoms with E-state index in [4.69, 9.17) is 11.6 Å². The topological polar surface area (TPSA) is 78.4 Å². The summed E-state index contributed by atoms with van der Waals surface area (Å²) in [5.74, 6) is -0.185. The van der Waals surface area contributed by atoms with Crippen LogP contribution in [0.3, 0.4) is 0 Å². The first-order valence-corrected chi connectivity index (χ1v) is 6.05. The number of hydrogen-bond acceptors (Lipinski definition) is 3. The van der Waals surface area contributed by atoms with E-state index in [0.717, 1.165) is 0 Å². The number of halogens is 1. The molecule has 100 valence electrons. The van der Waals surface area contributed by atoms with Crippen LogP contribution in [0.25, 0.3) is 0 Å². The minimum atomic E-state index is -0.565. The highest BCUT2D eigenvalue weighted by atomic mass is 35.5. The third kappa shape index (κ3) is 2.56. The SMILES string of the molecule is CC(=O)C1=C(C)NC(=O)NC1c1ccc(O)c(Cl)c1. The molecule has 5 nitrogen and oxygen atoms in total. The molecule has 0 aromatic heterocycles. The summed E-state index contributed by atoms with van der Waals surface area (Å²) in [6.07, 6.45) is 0. The normalized spacial score (nSPS) is 18.9. The van der Waals surface area contributed by atoms with E-state index in [1.165, 1.54) is 19.1 Å². The molecule has 0 saturated heterocycles. The summed E-state index contributed by atoms with van der Waals surface area (Å²) >= 11 is 5.85. The number of rotatable bonds is 2. The Hall–Kier alpha value is -2.01. The molecule has 19 heavy (non-hydrogen) atoms. The fourth-order valence-electron chi connectivity index (χ4n) is 2.11. The van der Waals surface area contributed by atoms with E-state index >= 15 is 0 Å². The van der Waals surface area contributed by atoms with Gasteiger partial charge >= 0.3 is 6.03 Å². The number of hydrogen-bond donors (Lipinski definition) is 3. The molecule has 0 saturated carbocycles. The van der Waals surface area contributed by atoms with Gasteiger partial charge in [0.25, 0.3) is 0 Å². The van der Waals surface area contributed by atoms with Crippen LogP contribution in [0, 0.1) is 0 Å². The number of Topliss-reactive ketones (excluding diaryl/α,β-unsaturated/α-hetero) is 1. The van der Waals surface area contributed by atoms with Gasteiger partial charge in [0.05, 0.1) is 11.1 Å². The lowest BCUT2D eigenvalue weighted by Crippen LogP contribution is -2.44. The lowest BCUT2D eigenvalue weighted by molar-refractivity contribution is -0.114. The Morgan fingerprint density at radius 3 is 2.68 bits per heavy atom. The van der Waals surface area contributed by atoms with Gasteiger partial charge in [0.1, 0.15) is 5.75 Å². The molecule has 1 aliphatic rings. The van der Waals surface area contributed by atoms with Crippen molar-refractivity contribution in [2.75, 3.05) is 0 Å². The Kier molecular flexibility index (Phi) is 3.48. The fraction of sp³-hybridized carbons (Fsp3) is 0.231. The van der Waals surface area contributed by atoms with Gasteiger partial charge in [-0.15, -0.1) is 0 Å². The minimum absolute atomic E-state index is 0.0456. The maximum atomic E-state index is 11.7. The largest absolute Gasteiger partial charge is 0.506 e. The highest BCUT2D eigenvalue weighted by Gasteiger charge is 2.29. The van der Waals surface area contributed by atoms with Crippen molar-refractivity contribution in [1.29, 1.82) is 0 Å². The first-order chi connectivity index (χ1) is 8.90. The van der Waals surface area contributed by atoms with Gasteiger partial charge in [0, 0.05) is 11.3 Å². The Balaban J connectivity index is 2.51. The molecular weight excluding hydrogens is 268 g/mol. The van der Waals surface area contributed by atoms with E-state index in [1.54, 1.807) is 13.0 Å². The molecule has 1 unspecified atom stereocenters. The van der Waals surface area contributed by atoms with E-state index in [9.17, 15) is 14.7 Å². The highest BCUT2D eigenvalue weighted by molar-refractivity contribution is 6.32. The third-order valence-electron chi connectivity index (χ3n) is 2.95. The zero-order chi connectivity index (χ0) is 14.2. The van der Waals surface area contributed by atoms with E-state index in [0.29, 0.717) is 16.8 Å². The molecule has 1 aromatic carbocycles. The van der Waals surface area contributed by atoms with E-state index in [-0.39, 0.29) is 22.6 Å². The standard InChI is InChI=1S/C13H13ClN2O3/c1-6-11(7(2)17)12(16-13(19)15-6)8-3-4-10(18)9(14)5-8/h3-5,12,18H,1-2H3,(H2,15,16,19). The monoisotopic (exact) mass is 280 g/mol. The van der Waals surface area contributed by atoms with Crippen molar-refractivity contribution in [3.05, 3.63) is 40.1 Å². The molecular formula is C13H13ClN2O3. The molecule has 0 radical (unpaired) electrons. The summed E-state index contributed by atoms with van der Waals surface area (Å²) in [5.41, 5.74) is 1.63. The van der Waals surface area contributed by atoms with Crippen LogP contribution in [0.5, 0.6) is 5.75 Å². The van der Waals surface area contributed by atoms with Gasteiger partial charge in [-0.25, -0.2) is 4.79 Å². The minimum Gasteiger partial charge on any atom is -0.506 e. The number of phenolic OH excluding ortho intramolecular Hbond substituents is 1. The second-order valence-electron chi connectivity index (χ2n) is 4.34. The van der Waals surface area contributed by atoms with Gasteiger partial charge in [-0.1, -0.05) is 17.7 Å². The zero-order valence-electron chi connectivity index (χ0n) is 10.5. The number of nitrogens with one attached hydrogen (secondary N) is 2. The number of carbonyl (C=O) groups excluding carboxylic acids is 2.